The van der Waals surface area contributed by atoms with Gasteiger partial charge in [0.15, 0.2) is 5.96 Å². The lowest BCUT2D eigenvalue weighted by atomic mass is 9.87. The van der Waals surface area contributed by atoms with Gasteiger partial charge >= 0.3 is 11.8 Å². The number of halogens is 2. The van der Waals surface area contributed by atoms with E-state index >= 15 is 0 Å². The summed E-state index contributed by atoms with van der Waals surface area (Å²) in [7, 11) is 1.85. The Bertz CT molecular complexity index is 1130. The molecule has 0 fully saturated rings. The molecule has 1 aliphatic carbocycles. The molecule has 186 valence electrons. The fraction of sp³-hybridized carbons (Fsp3) is 0.320. The average molecular weight is 501 g/mol. The number of carbonyl (C=O) groups excluding carboxylic acids is 2. The van der Waals surface area contributed by atoms with Crippen LogP contribution in [0.25, 0.3) is 0 Å². The van der Waals surface area contributed by atoms with E-state index in [-0.39, 0.29) is 35.1 Å². The van der Waals surface area contributed by atoms with Gasteiger partial charge in [-0.1, -0.05) is 35.9 Å². The molecule has 10 heteroatoms. The average Bonchev–Trinajstić information content (AvgIpc) is 3.10. The fourth-order valence-corrected chi connectivity index (χ4v) is 4.62. The second-order valence-corrected chi connectivity index (χ2v) is 8.84. The zero-order chi connectivity index (χ0) is 25.5. The van der Waals surface area contributed by atoms with Gasteiger partial charge in [-0.3, -0.25) is 14.6 Å². The highest BCUT2D eigenvalue weighted by molar-refractivity contribution is 6.39. The molecule has 2 aromatic carbocycles. The highest BCUT2D eigenvalue weighted by Gasteiger charge is 2.41. The van der Waals surface area contributed by atoms with Crippen LogP contribution < -0.4 is 27.4 Å². The molecule has 0 saturated carbocycles. The Labute approximate surface area is 209 Å². The molecule has 3 rings (SSSR count). The van der Waals surface area contributed by atoms with Crippen LogP contribution in [0.3, 0.4) is 0 Å². The lowest BCUT2D eigenvalue weighted by molar-refractivity contribution is -0.136. The first-order valence-corrected chi connectivity index (χ1v) is 11.6. The Morgan fingerprint density at radius 2 is 1.94 bits per heavy atom. The van der Waals surface area contributed by atoms with Gasteiger partial charge in [0.2, 0.25) is 0 Å². The standard InChI is InChI=1S/C25H30ClFN6O2/c1-3-4-5-16-17-8-6-14(12-30-2)10-18(17)22(19(16)13-31-25(28)29)33-24(35)23(34)32-15-7-9-20(26)21(27)11-15/h3,6-11,16,19,22,30H,1,4-5,12-13H2,2H3,(H,32,34)(H,33,35)(H4,28,29,31)/t16-,19+,22+/m1/s1. The summed E-state index contributed by atoms with van der Waals surface area (Å²) in [6.07, 6.45) is 3.40. The summed E-state index contributed by atoms with van der Waals surface area (Å²) in [5.41, 5.74) is 14.4. The van der Waals surface area contributed by atoms with E-state index < -0.39 is 23.7 Å². The molecule has 1 aliphatic rings. The van der Waals surface area contributed by atoms with Crippen molar-refractivity contribution in [2.75, 3.05) is 18.9 Å². The fourth-order valence-electron chi connectivity index (χ4n) is 4.50. The number of aliphatic imine (C=N–C) groups is 1. The molecule has 2 amide bonds. The van der Waals surface area contributed by atoms with E-state index in [9.17, 15) is 14.0 Å². The van der Waals surface area contributed by atoms with Crippen molar-refractivity contribution in [1.29, 1.82) is 0 Å². The van der Waals surface area contributed by atoms with Crippen LogP contribution in [0, 0.1) is 11.7 Å². The summed E-state index contributed by atoms with van der Waals surface area (Å²) in [5, 5.41) is 8.31. The zero-order valence-electron chi connectivity index (χ0n) is 19.5. The van der Waals surface area contributed by atoms with E-state index in [0.29, 0.717) is 6.54 Å². The Balaban J connectivity index is 1.90. The number of allylic oxidation sites excluding steroid dienone is 1. The van der Waals surface area contributed by atoms with Crippen molar-refractivity contribution in [3.63, 3.8) is 0 Å². The number of hydrogen-bond acceptors (Lipinski definition) is 4. The number of carbonyl (C=O) groups is 2. The van der Waals surface area contributed by atoms with Crippen LogP contribution in [-0.4, -0.2) is 31.4 Å². The third kappa shape index (κ3) is 6.37. The van der Waals surface area contributed by atoms with Gasteiger partial charge in [0.1, 0.15) is 5.82 Å². The quantitative estimate of drug-likeness (QED) is 0.156. The van der Waals surface area contributed by atoms with Crippen LogP contribution in [0.15, 0.2) is 54.0 Å². The summed E-state index contributed by atoms with van der Waals surface area (Å²) in [5.74, 6) is -2.65. The number of nitrogens with zero attached hydrogens (tertiary/aromatic N) is 1. The van der Waals surface area contributed by atoms with E-state index in [1.165, 1.54) is 12.1 Å². The first-order valence-electron chi connectivity index (χ1n) is 11.3. The predicted octanol–water partition coefficient (Wildman–Crippen LogP) is 2.95. The third-order valence-corrected chi connectivity index (χ3v) is 6.35. The van der Waals surface area contributed by atoms with Crippen molar-refractivity contribution in [3.05, 3.63) is 76.6 Å². The van der Waals surface area contributed by atoms with Gasteiger partial charge in [0, 0.05) is 24.7 Å². The number of nitrogens with two attached hydrogens (primary N) is 2. The summed E-state index contributed by atoms with van der Waals surface area (Å²) in [6.45, 7) is 4.74. The molecule has 2 aromatic rings. The Morgan fingerprint density at radius 1 is 1.17 bits per heavy atom. The van der Waals surface area contributed by atoms with E-state index in [1.54, 1.807) is 0 Å². The molecule has 0 radical (unpaired) electrons. The molecule has 7 N–H and O–H groups in total. The number of nitrogens with one attached hydrogen (secondary N) is 3. The van der Waals surface area contributed by atoms with Crippen molar-refractivity contribution in [3.8, 4) is 0 Å². The van der Waals surface area contributed by atoms with Gasteiger partial charge in [-0.15, -0.1) is 6.58 Å². The first kappa shape index (κ1) is 26.2. The predicted molar refractivity (Wildman–Crippen MR) is 136 cm³/mol. The Kier molecular flexibility index (Phi) is 8.84. The molecule has 0 unspecified atom stereocenters. The van der Waals surface area contributed by atoms with Gasteiger partial charge in [0.25, 0.3) is 0 Å². The molecular weight excluding hydrogens is 471 g/mol. The maximum Gasteiger partial charge on any atom is 0.313 e. The molecule has 0 spiro atoms. The topological polar surface area (TPSA) is 135 Å². The highest BCUT2D eigenvalue weighted by atomic mass is 35.5. The Hall–Kier alpha value is -3.43. The number of fused-ring (bicyclic) bond motifs is 1. The number of amides is 2. The van der Waals surface area contributed by atoms with Crippen LogP contribution in [0.2, 0.25) is 5.02 Å². The van der Waals surface area contributed by atoms with Crippen molar-refractivity contribution in [1.82, 2.24) is 10.6 Å². The first-order chi connectivity index (χ1) is 16.7. The third-order valence-electron chi connectivity index (χ3n) is 6.05. The van der Waals surface area contributed by atoms with Crippen LogP contribution >= 0.6 is 11.6 Å². The van der Waals surface area contributed by atoms with Crippen LogP contribution in [0.1, 0.15) is 41.5 Å². The van der Waals surface area contributed by atoms with Gasteiger partial charge in [-0.25, -0.2) is 4.39 Å². The van der Waals surface area contributed by atoms with Crippen LogP contribution in [0.5, 0.6) is 0 Å². The molecule has 0 heterocycles. The minimum absolute atomic E-state index is 0.0492. The van der Waals surface area contributed by atoms with Crippen molar-refractivity contribution in [2.45, 2.75) is 31.3 Å². The maximum absolute atomic E-state index is 13.7. The molecule has 8 nitrogen and oxygen atoms in total. The molecule has 0 saturated heterocycles. The van der Waals surface area contributed by atoms with Crippen LogP contribution in [-0.2, 0) is 16.1 Å². The largest absolute Gasteiger partial charge is 0.370 e. The van der Waals surface area contributed by atoms with Gasteiger partial charge in [-0.05, 0) is 60.7 Å². The van der Waals surface area contributed by atoms with E-state index in [4.69, 9.17) is 23.1 Å². The molecular formula is C25H30ClFN6O2. The second kappa shape index (κ2) is 11.8. The van der Waals surface area contributed by atoms with Gasteiger partial charge in [-0.2, -0.15) is 0 Å². The van der Waals surface area contributed by atoms with E-state index in [1.807, 2.05) is 25.3 Å². The van der Waals surface area contributed by atoms with Crippen molar-refractivity contribution in [2.24, 2.45) is 22.4 Å². The van der Waals surface area contributed by atoms with Crippen molar-refractivity contribution >= 4 is 35.1 Å². The summed E-state index contributed by atoms with van der Waals surface area (Å²) in [6, 6.07) is 9.39. The number of rotatable bonds is 9. The van der Waals surface area contributed by atoms with Gasteiger partial charge < -0.3 is 27.4 Å². The summed E-state index contributed by atoms with van der Waals surface area (Å²) >= 11 is 5.69. The minimum atomic E-state index is -0.921. The molecule has 0 aliphatic heterocycles. The van der Waals surface area contributed by atoms with E-state index in [0.717, 1.165) is 35.6 Å². The van der Waals surface area contributed by atoms with Crippen LogP contribution in [0.4, 0.5) is 10.1 Å². The smallest absolute Gasteiger partial charge is 0.313 e. The highest BCUT2D eigenvalue weighted by Crippen LogP contribution is 2.48. The second-order valence-electron chi connectivity index (χ2n) is 8.43. The Morgan fingerprint density at radius 3 is 2.60 bits per heavy atom. The maximum atomic E-state index is 13.7. The number of hydrogen-bond donors (Lipinski definition) is 5. The molecule has 0 aromatic heterocycles. The van der Waals surface area contributed by atoms with E-state index in [2.05, 4.69) is 33.6 Å². The lowest BCUT2D eigenvalue weighted by Crippen LogP contribution is -2.40. The van der Waals surface area contributed by atoms with Gasteiger partial charge in [0.05, 0.1) is 11.1 Å². The minimum Gasteiger partial charge on any atom is -0.370 e. The normalized spacial score (nSPS) is 18.4. The van der Waals surface area contributed by atoms with Crippen molar-refractivity contribution < 1.29 is 14.0 Å². The number of benzene rings is 2. The summed E-state index contributed by atoms with van der Waals surface area (Å²) in [4.78, 5) is 29.8. The molecule has 0 bridgehead atoms. The number of guanidine groups is 1. The molecule has 3 atom stereocenters. The monoisotopic (exact) mass is 500 g/mol. The zero-order valence-corrected chi connectivity index (χ0v) is 20.2. The SMILES string of the molecule is C=CCC[C@@H]1c2ccc(CNC)cc2[C@H](NC(=O)C(=O)Nc2ccc(Cl)c(F)c2)[C@H]1CN=C(N)N. The molecule has 35 heavy (non-hydrogen) atoms. The lowest BCUT2D eigenvalue weighted by Gasteiger charge is -2.25. The number of anilines is 1. The summed E-state index contributed by atoms with van der Waals surface area (Å²) < 4.78 is 13.7.